The zero-order valence-corrected chi connectivity index (χ0v) is 16.2. The second kappa shape index (κ2) is 8.35. The van der Waals surface area contributed by atoms with Crippen molar-refractivity contribution in [3.63, 3.8) is 0 Å². The summed E-state index contributed by atoms with van der Waals surface area (Å²) in [5.41, 5.74) is 10.8. The molecule has 0 fully saturated rings. The number of nitrogens with zero attached hydrogens (tertiary/aromatic N) is 3. The molecule has 4 N–H and O–H groups in total. The molecule has 0 aliphatic rings. The van der Waals surface area contributed by atoms with Crippen LogP contribution in [0.1, 0.15) is 21.7 Å². The van der Waals surface area contributed by atoms with E-state index in [1.54, 1.807) is 17.5 Å². The summed E-state index contributed by atoms with van der Waals surface area (Å²) >= 11 is 1.65. The number of aromatic nitrogens is 3. The molecule has 2 heterocycles. The molecule has 136 valence electrons. The van der Waals surface area contributed by atoms with Gasteiger partial charge in [0.05, 0.1) is 5.69 Å². The summed E-state index contributed by atoms with van der Waals surface area (Å²) in [4.78, 5) is 14.8. The van der Waals surface area contributed by atoms with Crippen molar-refractivity contribution in [3.8, 4) is 10.7 Å². The summed E-state index contributed by atoms with van der Waals surface area (Å²) in [7, 11) is 0. The van der Waals surface area contributed by atoms with Gasteiger partial charge in [0.2, 0.25) is 5.95 Å². The van der Waals surface area contributed by atoms with Gasteiger partial charge in [0.15, 0.2) is 0 Å². The lowest BCUT2D eigenvalue weighted by Gasteiger charge is -2.07. The highest BCUT2D eigenvalue weighted by Crippen LogP contribution is 2.27. The van der Waals surface area contributed by atoms with Crippen LogP contribution in [-0.2, 0) is 6.54 Å². The maximum atomic E-state index is 5.53. The second-order valence-corrected chi connectivity index (χ2v) is 7.34. The van der Waals surface area contributed by atoms with Crippen molar-refractivity contribution >= 4 is 23.0 Å². The molecule has 0 saturated carbocycles. The highest BCUT2D eigenvalue weighted by atomic mass is 32.1. The molecule has 0 atom stereocenters. The van der Waals surface area contributed by atoms with E-state index in [1.807, 2.05) is 13.0 Å². The van der Waals surface area contributed by atoms with E-state index in [0.717, 1.165) is 35.2 Å². The number of nitrogens with two attached hydrogens (primary N) is 1. The summed E-state index contributed by atoms with van der Waals surface area (Å²) in [6.45, 7) is 8.38. The molecule has 0 saturated heterocycles. The van der Waals surface area contributed by atoms with Crippen molar-refractivity contribution in [2.75, 3.05) is 18.4 Å². The van der Waals surface area contributed by atoms with Crippen molar-refractivity contribution in [1.82, 2.24) is 20.3 Å². The number of nitrogens with one attached hydrogen (secondary N) is 2. The fourth-order valence-electron chi connectivity index (χ4n) is 2.72. The van der Waals surface area contributed by atoms with Gasteiger partial charge in [-0.05, 0) is 50.1 Å². The minimum Gasteiger partial charge on any atom is -0.329 e. The zero-order valence-electron chi connectivity index (χ0n) is 15.3. The first kappa shape index (κ1) is 18.4. The first-order chi connectivity index (χ1) is 12.5. The van der Waals surface area contributed by atoms with E-state index in [4.69, 9.17) is 5.73 Å². The van der Waals surface area contributed by atoms with Crippen LogP contribution >= 0.6 is 11.3 Å². The summed E-state index contributed by atoms with van der Waals surface area (Å²) in [5.74, 6) is 0.572. The van der Waals surface area contributed by atoms with Crippen molar-refractivity contribution in [2.45, 2.75) is 27.3 Å². The molecule has 0 amide bonds. The van der Waals surface area contributed by atoms with E-state index in [2.05, 4.69) is 57.6 Å². The van der Waals surface area contributed by atoms with Crippen LogP contribution in [0.25, 0.3) is 10.7 Å². The molecule has 0 unspecified atom stereocenters. The Morgan fingerprint density at radius 1 is 1.08 bits per heavy atom. The topological polar surface area (TPSA) is 88.8 Å². The van der Waals surface area contributed by atoms with Crippen molar-refractivity contribution < 1.29 is 0 Å². The molecule has 1 aromatic carbocycles. The number of benzene rings is 1. The molecular formula is C19H24N6S. The van der Waals surface area contributed by atoms with Crippen LogP contribution in [0.4, 0.5) is 11.6 Å². The van der Waals surface area contributed by atoms with E-state index in [1.165, 1.54) is 16.0 Å². The Balaban J connectivity index is 1.80. The number of hydrogen-bond acceptors (Lipinski definition) is 7. The lowest BCUT2D eigenvalue weighted by molar-refractivity contribution is 0.698. The molecule has 0 radical (unpaired) electrons. The first-order valence-corrected chi connectivity index (χ1v) is 9.42. The lowest BCUT2D eigenvalue weighted by Crippen LogP contribution is -2.21. The van der Waals surface area contributed by atoms with Crippen molar-refractivity contribution in [2.24, 2.45) is 5.73 Å². The number of anilines is 2. The summed E-state index contributed by atoms with van der Waals surface area (Å²) in [5, 5.41) is 7.50. The first-order valence-electron chi connectivity index (χ1n) is 8.61. The highest BCUT2D eigenvalue weighted by molar-refractivity contribution is 7.15. The van der Waals surface area contributed by atoms with Gasteiger partial charge in [-0.2, -0.15) is 0 Å². The second-order valence-electron chi connectivity index (χ2n) is 6.26. The maximum Gasteiger partial charge on any atom is 0.227 e. The summed E-state index contributed by atoms with van der Waals surface area (Å²) in [6, 6.07) is 8.19. The average Bonchev–Trinajstić information content (AvgIpc) is 2.95. The quantitative estimate of drug-likeness (QED) is 0.555. The standard InChI is InChI=1S/C19H24N6S/c1-12-8-13(2)10-15(9-12)24-19-22-6-4-16(25-19)18-23-14(3)17(26-18)11-21-7-5-20/h4,6,8-10,21H,5,7,11,20H2,1-3H3,(H,22,24,25). The van der Waals surface area contributed by atoms with Crippen LogP contribution in [0.3, 0.4) is 0 Å². The SMILES string of the molecule is Cc1cc(C)cc(Nc2nccc(-c3nc(C)c(CNCCN)s3)n2)c1. The van der Waals surface area contributed by atoms with Gasteiger partial charge in [-0.15, -0.1) is 11.3 Å². The Morgan fingerprint density at radius 3 is 2.58 bits per heavy atom. The molecule has 0 spiro atoms. The molecule has 0 bridgehead atoms. The van der Waals surface area contributed by atoms with Gasteiger partial charge in [-0.3, -0.25) is 0 Å². The molecule has 7 heteroatoms. The molecule has 3 rings (SSSR count). The largest absolute Gasteiger partial charge is 0.329 e. The fraction of sp³-hybridized carbons (Fsp3) is 0.316. The Morgan fingerprint density at radius 2 is 1.85 bits per heavy atom. The van der Waals surface area contributed by atoms with Crippen LogP contribution in [0.15, 0.2) is 30.5 Å². The molecule has 2 aromatic heterocycles. The minimum absolute atomic E-state index is 0.572. The molecular weight excluding hydrogens is 344 g/mol. The normalized spacial score (nSPS) is 10.9. The Hall–Kier alpha value is -2.35. The number of aryl methyl sites for hydroxylation is 3. The van der Waals surface area contributed by atoms with Crippen LogP contribution in [-0.4, -0.2) is 28.0 Å². The van der Waals surface area contributed by atoms with E-state index in [0.29, 0.717) is 12.5 Å². The lowest BCUT2D eigenvalue weighted by atomic mass is 10.1. The zero-order chi connectivity index (χ0) is 18.5. The predicted molar refractivity (Wildman–Crippen MR) is 108 cm³/mol. The van der Waals surface area contributed by atoms with Gasteiger partial charge < -0.3 is 16.4 Å². The summed E-state index contributed by atoms with van der Waals surface area (Å²) < 4.78 is 0. The van der Waals surface area contributed by atoms with Gasteiger partial charge in [0.25, 0.3) is 0 Å². The molecule has 0 aliphatic carbocycles. The smallest absolute Gasteiger partial charge is 0.227 e. The molecule has 26 heavy (non-hydrogen) atoms. The van der Waals surface area contributed by atoms with Gasteiger partial charge in [-0.25, -0.2) is 15.0 Å². The van der Waals surface area contributed by atoms with Crippen LogP contribution in [0.5, 0.6) is 0 Å². The van der Waals surface area contributed by atoms with Crippen LogP contribution in [0.2, 0.25) is 0 Å². The Bertz CT molecular complexity index is 869. The van der Waals surface area contributed by atoms with E-state index < -0.39 is 0 Å². The predicted octanol–water partition coefficient (Wildman–Crippen LogP) is 3.32. The van der Waals surface area contributed by atoms with Crippen molar-refractivity contribution in [1.29, 1.82) is 0 Å². The molecule has 6 nitrogen and oxygen atoms in total. The third-order valence-electron chi connectivity index (χ3n) is 3.85. The third-order valence-corrected chi connectivity index (χ3v) is 5.03. The van der Waals surface area contributed by atoms with Crippen molar-refractivity contribution in [3.05, 3.63) is 52.2 Å². The van der Waals surface area contributed by atoms with Gasteiger partial charge in [-0.1, -0.05) is 6.07 Å². The monoisotopic (exact) mass is 368 g/mol. The summed E-state index contributed by atoms with van der Waals surface area (Å²) in [6.07, 6.45) is 1.76. The van der Waals surface area contributed by atoms with Gasteiger partial charge in [0, 0.05) is 36.4 Å². The number of thiazole rings is 1. The van der Waals surface area contributed by atoms with E-state index in [-0.39, 0.29) is 0 Å². The van der Waals surface area contributed by atoms with Crippen LogP contribution < -0.4 is 16.4 Å². The number of rotatable bonds is 7. The van der Waals surface area contributed by atoms with Crippen LogP contribution in [0, 0.1) is 20.8 Å². The Kier molecular flexibility index (Phi) is 5.92. The van der Waals surface area contributed by atoms with Gasteiger partial charge >= 0.3 is 0 Å². The van der Waals surface area contributed by atoms with Gasteiger partial charge in [0.1, 0.15) is 10.7 Å². The third kappa shape index (κ3) is 4.63. The average molecular weight is 369 g/mol. The maximum absolute atomic E-state index is 5.53. The highest BCUT2D eigenvalue weighted by Gasteiger charge is 2.11. The molecule has 0 aliphatic heterocycles. The number of hydrogen-bond donors (Lipinski definition) is 3. The minimum atomic E-state index is 0.572. The fourth-order valence-corrected chi connectivity index (χ4v) is 3.72. The Labute approximate surface area is 157 Å². The van der Waals surface area contributed by atoms with E-state index in [9.17, 15) is 0 Å². The molecule has 3 aromatic rings. The van der Waals surface area contributed by atoms with E-state index >= 15 is 0 Å².